The van der Waals surface area contributed by atoms with Gasteiger partial charge in [0.2, 0.25) is 0 Å². The molecule has 1 aliphatic rings. The molecule has 0 atom stereocenters. The number of aromatic nitrogens is 5. The van der Waals surface area contributed by atoms with Crippen LogP contribution in [0.4, 0.5) is 10.2 Å². The monoisotopic (exact) mass is 326 g/mol. The normalized spacial score (nSPS) is 17.3. The van der Waals surface area contributed by atoms with E-state index in [4.69, 9.17) is 0 Å². The fraction of sp³-hybridized carbons (Fsp3) is 0.412. The highest BCUT2D eigenvalue weighted by Gasteiger charge is 2.38. The van der Waals surface area contributed by atoms with Gasteiger partial charge in [-0.1, -0.05) is 6.07 Å². The minimum atomic E-state index is -1.37. The zero-order chi connectivity index (χ0) is 16.6. The van der Waals surface area contributed by atoms with Gasteiger partial charge in [0.15, 0.2) is 22.7 Å². The number of hydrogen-bond donors (Lipinski definition) is 0. The average molecular weight is 326 g/mol. The molecule has 124 valence electrons. The lowest BCUT2D eigenvalue weighted by Gasteiger charge is -2.36. The molecule has 24 heavy (non-hydrogen) atoms. The SMILES string of the molecule is CCn1cnc2c(N3CCC(F)(c4ccccn4)CC3)ncnc21. The van der Waals surface area contributed by atoms with Crippen molar-refractivity contribution in [2.45, 2.75) is 32.0 Å². The summed E-state index contributed by atoms with van der Waals surface area (Å²) in [5, 5.41) is 0. The second kappa shape index (κ2) is 5.81. The van der Waals surface area contributed by atoms with E-state index in [0.717, 1.165) is 23.5 Å². The van der Waals surface area contributed by atoms with Crippen LogP contribution in [0.3, 0.4) is 0 Å². The van der Waals surface area contributed by atoms with Crippen LogP contribution >= 0.6 is 0 Å². The Labute approximate surface area is 139 Å². The molecule has 1 aliphatic heterocycles. The fourth-order valence-electron chi connectivity index (χ4n) is 3.29. The maximum Gasteiger partial charge on any atom is 0.165 e. The highest BCUT2D eigenvalue weighted by molar-refractivity contribution is 5.83. The van der Waals surface area contributed by atoms with Gasteiger partial charge < -0.3 is 9.47 Å². The molecule has 4 rings (SSSR count). The number of aryl methyl sites for hydroxylation is 1. The van der Waals surface area contributed by atoms with Gasteiger partial charge in [0, 0.05) is 38.7 Å². The number of rotatable bonds is 3. The molecular weight excluding hydrogens is 307 g/mol. The van der Waals surface area contributed by atoms with Crippen molar-refractivity contribution in [3.63, 3.8) is 0 Å². The van der Waals surface area contributed by atoms with Gasteiger partial charge in [0.25, 0.3) is 0 Å². The summed E-state index contributed by atoms with van der Waals surface area (Å²) in [5.41, 5.74) is 0.757. The molecule has 6 nitrogen and oxygen atoms in total. The Balaban J connectivity index is 1.59. The molecule has 0 unspecified atom stereocenters. The zero-order valence-corrected chi connectivity index (χ0v) is 13.6. The van der Waals surface area contributed by atoms with Gasteiger partial charge in [-0.3, -0.25) is 4.98 Å². The van der Waals surface area contributed by atoms with Crippen LogP contribution in [-0.2, 0) is 12.2 Å². The maximum atomic E-state index is 15.2. The Morgan fingerprint density at radius 1 is 1.12 bits per heavy atom. The number of hydrogen-bond acceptors (Lipinski definition) is 5. The van der Waals surface area contributed by atoms with E-state index in [1.54, 1.807) is 24.9 Å². The van der Waals surface area contributed by atoms with E-state index in [1.165, 1.54) is 0 Å². The van der Waals surface area contributed by atoms with Crippen LogP contribution in [0.2, 0.25) is 0 Å². The Morgan fingerprint density at radius 3 is 2.67 bits per heavy atom. The maximum absolute atomic E-state index is 15.2. The summed E-state index contributed by atoms with van der Waals surface area (Å²) in [7, 11) is 0. The first-order chi connectivity index (χ1) is 11.7. The van der Waals surface area contributed by atoms with E-state index in [0.29, 0.717) is 31.6 Å². The number of fused-ring (bicyclic) bond motifs is 1. The van der Waals surface area contributed by atoms with Gasteiger partial charge >= 0.3 is 0 Å². The minimum absolute atomic E-state index is 0.393. The van der Waals surface area contributed by atoms with Crippen LogP contribution in [0.5, 0.6) is 0 Å². The smallest absolute Gasteiger partial charge is 0.165 e. The van der Waals surface area contributed by atoms with Crippen molar-refractivity contribution >= 4 is 17.0 Å². The van der Waals surface area contributed by atoms with Gasteiger partial charge in [0.1, 0.15) is 6.33 Å². The number of anilines is 1. The van der Waals surface area contributed by atoms with Crippen molar-refractivity contribution in [2.75, 3.05) is 18.0 Å². The number of nitrogens with zero attached hydrogens (tertiary/aromatic N) is 6. The third-order valence-electron chi connectivity index (χ3n) is 4.70. The standard InChI is InChI=1S/C17H19FN6/c1-2-23-12-22-14-15(23)20-11-21-16(14)24-9-6-17(18,7-10-24)13-5-3-4-8-19-13/h3-5,8,11-12H,2,6-7,9-10H2,1H3. The molecule has 0 aromatic carbocycles. The Morgan fingerprint density at radius 2 is 1.96 bits per heavy atom. The van der Waals surface area contributed by atoms with Crippen molar-refractivity contribution < 1.29 is 4.39 Å². The lowest BCUT2D eigenvalue weighted by molar-refractivity contribution is 0.119. The average Bonchev–Trinajstić information content (AvgIpc) is 3.06. The van der Waals surface area contributed by atoms with Crippen molar-refractivity contribution in [3.05, 3.63) is 42.7 Å². The van der Waals surface area contributed by atoms with Gasteiger partial charge in [-0.25, -0.2) is 19.3 Å². The third kappa shape index (κ3) is 2.40. The Bertz CT molecular complexity index is 839. The summed E-state index contributed by atoms with van der Waals surface area (Å²) in [4.78, 5) is 19.5. The summed E-state index contributed by atoms with van der Waals surface area (Å²) in [6, 6.07) is 5.41. The largest absolute Gasteiger partial charge is 0.354 e. The number of imidazole rings is 1. The van der Waals surface area contributed by atoms with Crippen molar-refractivity contribution in [1.29, 1.82) is 0 Å². The Kier molecular flexibility index (Phi) is 3.63. The van der Waals surface area contributed by atoms with Crippen LogP contribution in [-0.4, -0.2) is 37.6 Å². The Hall–Kier alpha value is -2.57. The summed E-state index contributed by atoms with van der Waals surface area (Å²) >= 11 is 0. The fourth-order valence-corrected chi connectivity index (χ4v) is 3.29. The predicted octanol–water partition coefficient (Wildman–Crippen LogP) is 2.71. The number of pyridine rings is 1. The van der Waals surface area contributed by atoms with Crippen LogP contribution in [0.25, 0.3) is 11.2 Å². The van der Waals surface area contributed by atoms with E-state index in [2.05, 4.69) is 24.8 Å². The number of halogens is 1. The molecule has 0 radical (unpaired) electrons. The topological polar surface area (TPSA) is 59.7 Å². The molecular formula is C17H19FN6. The van der Waals surface area contributed by atoms with Crippen molar-refractivity contribution in [2.24, 2.45) is 0 Å². The highest BCUT2D eigenvalue weighted by Crippen LogP contribution is 2.37. The molecule has 1 fully saturated rings. The molecule has 0 spiro atoms. The molecule has 3 aromatic heterocycles. The molecule has 4 heterocycles. The van der Waals surface area contributed by atoms with Gasteiger partial charge in [-0.2, -0.15) is 0 Å². The predicted molar refractivity (Wildman–Crippen MR) is 89.5 cm³/mol. The molecule has 0 saturated carbocycles. The molecule has 0 amide bonds. The summed E-state index contributed by atoms with van der Waals surface area (Å²) in [6.07, 6.45) is 5.77. The molecule has 1 saturated heterocycles. The number of alkyl halides is 1. The minimum Gasteiger partial charge on any atom is -0.354 e. The first-order valence-electron chi connectivity index (χ1n) is 8.22. The van der Waals surface area contributed by atoms with Crippen LogP contribution in [0, 0.1) is 0 Å². The van der Waals surface area contributed by atoms with Crippen molar-refractivity contribution in [3.8, 4) is 0 Å². The zero-order valence-electron chi connectivity index (χ0n) is 13.6. The lowest BCUT2D eigenvalue weighted by Crippen LogP contribution is -2.41. The van der Waals surface area contributed by atoms with E-state index >= 15 is 4.39 Å². The molecule has 3 aromatic rings. The number of piperidine rings is 1. The van der Waals surface area contributed by atoms with Crippen LogP contribution in [0.1, 0.15) is 25.5 Å². The van der Waals surface area contributed by atoms with Crippen LogP contribution in [0.15, 0.2) is 37.1 Å². The van der Waals surface area contributed by atoms with Gasteiger partial charge in [0.05, 0.1) is 12.0 Å². The summed E-state index contributed by atoms with van der Waals surface area (Å²) in [6.45, 7) is 4.02. The first-order valence-corrected chi connectivity index (χ1v) is 8.22. The van der Waals surface area contributed by atoms with E-state index < -0.39 is 5.67 Å². The van der Waals surface area contributed by atoms with Gasteiger partial charge in [-0.05, 0) is 19.1 Å². The quantitative estimate of drug-likeness (QED) is 0.740. The van der Waals surface area contributed by atoms with E-state index in [1.807, 2.05) is 23.6 Å². The first kappa shape index (κ1) is 15.0. The summed E-state index contributed by atoms with van der Waals surface area (Å²) < 4.78 is 17.2. The second-order valence-corrected chi connectivity index (χ2v) is 6.07. The highest BCUT2D eigenvalue weighted by atomic mass is 19.1. The summed E-state index contributed by atoms with van der Waals surface area (Å²) in [5.74, 6) is 0.787. The molecule has 0 bridgehead atoms. The molecule has 0 aliphatic carbocycles. The third-order valence-corrected chi connectivity index (χ3v) is 4.70. The molecule has 0 N–H and O–H groups in total. The lowest BCUT2D eigenvalue weighted by atomic mass is 9.89. The van der Waals surface area contributed by atoms with Crippen LogP contribution < -0.4 is 4.90 Å². The molecule has 7 heteroatoms. The second-order valence-electron chi connectivity index (χ2n) is 6.07. The van der Waals surface area contributed by atoms with E-state index in [-0.39, 0.29) is 0 Å². The van der Waals surface area contributed by atoms with Crippen molar-refractivity contribution in [1.82, 2.24) is 24.5 Å². The van der Waals surface area contributed by atoms with E-state index in [9.17, 15) is 0 Å². The van der Waals surface area contributed by atoms with Gasteiger partial charge in [-0.15, -0.1) is 0 Å².